The maximum Gasteiger partial charge on any atom is 0.335 e. The molecule has 0 radical (unpaired) electrons. The molecule has 31 heavy (non-hydrogen) atoms. The molecule has 1 fully saturated rings. The van der Waals surface area contributed by atoms with Crippen LogP contribution >= 0.6 is 11.6 Å². The lowest BCUT2D eigenvalue weighted by molar-refractivity contribution is -0.122. The normalized spacial score (nSPS) is 17.7. The highest BCUT2D eigenvalue weighted by Crippen LogP contribution is 2.36. The van der Waals surface area contributed by atoms with Crippen LogP contribution in [0.4, 0.5) is 10.5 Å². The summed E-state index contributed by atoms with van der Waals surface area (Å²) in [4.78, 5) is 38.7. The van der Waals surface area contributed by atoms with Gasteiger partial charge in [-0.15, -0.1) is 0 Å². The third kappa shape index (κ3) is 4.06. The van der Waals surface area contributed by atoms with Gasteiger partial charge in [0.1, 0.15) is 11.3 Å². The van der Waals surface area contributed by atoms with Gasteiger partial charge in [0.05, 0.1) is 16.8 Å². The van der Waals surface area contributed by atoms with Gasteiger partial charge in [-0.3, -0.25) is 14.9 Å². The van der Waals surface area contributed by atoms with Crippen LogP contribution in [-0.4, -0.2) is 30.7 Å². The number of carbonyl (C=O) groups is 3. The number of nitrogens with zero attached hydrogens (tertiary/aromatic N) is 1. The van der Waals surface area contributed by atoms with Gasteiger partial charge in [-0.1, -0.05) is 24.6 Å². The maximum absolute atomic E-state index is 13.0. The van der Waals surface area contributed by atoms with Crippen LogP contribution in [0.1, 0.15) is 25.8 Å². The highest BCUT2D eigenvalue weighted by atomic mass is 35.5. The summed E-state index contributed by atoms with van der Waals surface area (Å²) in [7, 11) is 0. The Labute approximate surface area is 183 Å². The molecular weight excluding hydrogens is 424 g/mol. The van der Waals surface area contributed by atoms with Gasteiger partial charge in [0.25, 0.3) is 11.8 Å². The first kappa shape index (κ1) is 20.7. The van der Waals surface area contributed by atoms with Crippen LogP contribution in [0.5, 0.6) is 17.2 Å². The number of urea groups is 1. The number of halogens is 1. The number of nitrogens with one attached hydrogen (secondary N) is 1. The molecule has 2 aromatic carbocycles. The second-order valence-corrected chi connectivity index (χ2v) is 7.43. The average molecular weight is 443 g/mol. The lowest BCUT2D eigenvalue weighted by Crippen LogP contribution is -2.54. The molecule has 0 spiro atoms. The molecule has 0 aliphatic carbocycles. The van der Waals surface area contributed by atoms with E-state index in [0.717, 1.165) is 11.3 Å². The Morgan fingerprint density at radius 1 is 1.16 bits per heavy atom. The van der Waals surface area contributed by atoms with E-state index in [2.05, 4.69) is 5.32 Å². The lowest BCUT2D eigenvalue weighted by Gasteiger charge is -2.26. The quantitative estimate of drug-likeness (QED) is 0.557. The zero-order valence-electron chi connectivity index (χ0n) is 16.8. The Morgan fingerprint density at radius 2 is 1.94 bits per heavy atom. The van der Waals surface area contributed by atoms with Crippen LogP contribution < -0.4 is 24.4 Å². The molecule has 4 amide bonds. The molecule has 0 unspecified atom stereocenters. The first-order valence-electron chi connectivity index (χ1n) is 9.64. The number of hydrogen-bond acceptors (Lipinski definition) is 6. The summed E-state index contributed by atoms with van der Waals surface area (Å²) in [5.74, 6) is -0.125. The zero-order valence-corrected chi connectivity index (χ0v) is 17.6. The van der Waals surface area contributed by atoms with E-state index in [1.54, 1.807) is 24.3 Å². The molecule has 1 atom stereocenters. The largest absolute Gasteiger partial charge is 0.489 e. The van der Waals surface area contributed by atoms with Crippen molar-refractivity contribution in [2.24, 2.45) is 0 Å². The first-order chi connectivity index (χ1) is 14.9. The summed E-state index contributed by atoms with van der Waals surface area (Å²) in [5, 5.41) is 2.53. The highest BCUT2D eigenvalue weighted by Gasteiger charge is 2.37. The van der Waals surface area contributed by atoms with Crippen molar-refractivity contribution in [3.05, 3.63) is 52.6 Å². The third-order valence-electron chi connectivity index (χ3n) is 4.89. The molecule has 0 bridgehead atoms. The van der Waals surface area contributed by atoms with Crippen molar-refractivity contribution in [1.82, 2.24) is 5.32 Å². The molecule has 8 nitrogen and oxygen atoms in total. The third-order valence-corrected chi connectivity index (χ3v) is 5.18. The second kappa shape index (κ2) is 8.31. The van der Waals surface area contributed by atoms with Gasteiger partial charge in [0, 0.05) is 6.07 Å². The number of fused-ring (bicyclic) bond motifs is 1. The maximum atomic E-state index is 13.0. The Morgan fingerprint density at radius 3 is 2.68 bits per heavy atom. The van der Waals surface area contributed by atoms with Gasteiger partial charge in [-0.2, -0.15) is 0 Å². The van der Waals surface area contributed by atoms with Crippen LogP contribution in [0.25, 0.3) is 6.08 Å². The van der Waals surface area contributed by atoms with Crippen molar-refractivity contribution in [1.29, 1.82) is 0 Å². The van der Waals surface area contributed by atoms with E-state index in [9.17, 15) is 14.4 Å². The van der Waals surface area contributed by atoms with Gasteiger partial charge in [-0.05, 0) is 49.2 Å². The predicted molar refractivity (Wildman–Crippen MR) is 113 cm³/mol. The smallest absolute Gasteiger partial charge is 0.335 e. The number of benzene rings is 2. The van der Waals surface area contributed by atoms with E-state index in [1.807, 2.05) is 13.8 Å². The van der Waals surface area contributed by atoms with Crippen molar-refractivity contribution in [2.45, 2.75) is 26.4 Å². The van der Waals surface area contributed by atoms with E-state index < -0.39 is 17.8 Å². The topological polar surface area (TPSA) is 94.2 Å². The molecule has 1 N–H and O–H groups in total. The number of amides is 4. The molecule has 9 heteroatoms. The molecule has 0 saturated carbocycles. The van der Waals surface area contributed by atoms with E-state index in [-0.39, 0.29) is 24.2 Å². The summed E-state index contributed by atoms with van der Waals surface area (Å²) in [5.41, 5.74) is 0.560. The Hall–Kier alpha value is -3.52. The summed E-state index contributed by atoms with van der Waals surface area (Å²) in [6, 6.07) is 8.73. The minimum Gasteiger partial charge on any atom is -0.489 e. The number of imide groups is 2. The monoisotopic (exact) mass is 442 g/mol. The molecular formula is C22H19ClN2O6. The van der Waals surface area contributed by atoms with Crippen LogP contribution in [0.2, 0.25) is 5.02 Å². The van der Waals surface area contributed by atoms with Gasteiger partial charge in [-0.25, -0.2) is 9.69 Å². The zero-order chi connectivity index (χ0) is 22.1. The molecule has 2 heterocycles. The van der Waals surface area contributed by atoms with Gasteiger partial charge >= 0.3 is 6.03 Å². The number of hydrogen-bond donors (Lipinski definition) is 1. The molecule has 160 valence electrons. The van der Waals surface area contributed by atoms with Gasteiger partial charge in [0.2, 0.25) is 6.79 Å². The molecule has 2 aromatic rings. The molecule has 1 saturated heterocycles. The van der Waals surface area contributed by atoms with Crippen molar-refractivity contribution in [3.63, 3.8) is 0 Å². The van der Waals surface area contributed by atoms with Gasteiger partial charge in [0.15, 0.2) is 11.5 Å². The van der Waals surface area contributed by atoms with Crippen LogP contribution in [0.3, 0.4) is 0 Å². The van der Waals surface area contributed by atoms with E-state index >= 15 is 0 Å². The molecule has 2 aliphatic rings. The minimum atomic E-state index is -0.846. The summed E-state index contributed by atoms with van der Waals surface area (Å²) >= 11 is 6.29. The molecule has 2 aliphatic heterocycles. The van der Waals surface area contributed by atoms with E-state index in [1.165, 1.54) is 18.2 Å². The number of barbiturate groups is 1. The summed E-state index contributed by atoms with van der Waals surface area (Å²) in [6.07, 6.45) is 2.19. The number of anilines is 1. The number of rotatable bonds is 5. The molecule has 4 rings (SSSR count). The summed E-state index contributed by atoms with van der Waals surface area (Å²) < 4.78 is 16.3. The standard InChI is InChI=1S/C22H19ClN2O6/c1-3-12(2)31-17-6-4-13(9-16(17)23)8-15-20(26)24-22(28)25(21(15)27)14-5-7-18-19(10-14)30-11-29-18/h4-10,12H,3,11H2,1-2H3,(H,24,26,28)/b15-8+/t12-/m1/s1. The van der Waals surface area contributed by atoms with E-state index in [4.69, 9.17) is 25.8 Å². The Kier molecular flexibility index (Phi) is 5.56. The van der Waals surface area contributed by atoms with Crippen LogP contribution in [0.15, 0.2) is 42.0 Å². The summed E-state index contributed by atoms with van der Waals surface area (Å²) in [6.45, 7) is 3.98. The Bertz CT molecular complexity index is 1110. The van der Waals surface area contributed by atoms with Crippen molar-refractivity contribution in [3.8, 4) is 17.2 Å². The van der Waals surface area contributed by atoms with Crippen molar-refractivity contribution < 1.29 is 28.6 Å². The van der Waals surface area contributed by atoms with Crippen molar-refractivity contribution >= 4 is 41.2 Å². The Balaban J connectivity index is 1.64. The fourth-order valence-corrected chi connectivity index (χ4v) is 3.32. The fraction of sp³-hybridized carbons (Fsp3) is 0.227. The second-order valence-electron chi connectivity index (χ2n) is 7.02. The van der Waals surface area contributed by atoms with E-state index in [0.29, 0.717) is 27.8 Å². The first-order valence-corrected chi connectivity index (χ1v) is 10.0. The minimum absolute atomic E-state index is 0.00586. The lowest BCUT2D eigenvalue weighted by atomic mass is 10.1. The van der Waals surface area contributed by atoms with Crippen LogP contribution in [-0.2, 0) is 9.59 Å². The average Bonchev–Trinajstić information content (AvgIpc) is 3.20. The molecule has 0 aromatic heterocycles. The number of ether oxygens (including phenoxy) is 3. The van der Waals surface area contributed by atoms with Crippen LogP contribution in [0, 0.1) is 0 Å². The van der Waals surface area contributed by atoms with Gasteiger partial charge < -0.3 is 14.2 Å². The highest BCUT2D eigenvalue weighted by molar-refractivity contribution is 6.39. The predicted octanol–water partition coefficient (Wildman–Crippen LogP) is 3.91. The van der Waals surface area contributed by atoms with Crippen molar-refractivity contribution in [2.75, 3.05) is 11.7 Å². The SMILES string of the molecule is CC[C@@H](C)Oc1ccc(/C=C2\C(=O)NC(=O)N(c3ccc4c(c3)OCO4)C2=O)cc1Cl. The fourth-order valence-electron chi connectivity index (χ4n) is 3.09. The number of carbonyl (C=O) groups excluding carboxylic acids is 3.